The average Bonchev–Trinajstić information content (AvgIpc) is 3.04. The summed E-state index contributed by atoms with van der Waals surface area (Å²) in [6.07, 6.45) is 0. The molecule has 3 rings (SSSR count). The smallest absolute Gasteiger partial charge is 0.277 e. The predicted octanol–water partition coefficient (Wildman–Crippen LogP) is 4.24. The molecule has 0 spiro atoms. The molecule has 0 radical (unpaired) electrons. The van der Waals surface area contributed by atoms with E-state index in [9.17, 15) is 9.18 Å². The molecule has 0 amide bonds. The molecule has 0 bridgehead atoms. The van der Waals surface area contributed by atoms with Gasteiger partial charge in [0.25, 0.3) is 5.22 Å². The van der Waals surface area contributed by atoms with E-state index in [2.05, 4.69) is 10.2 Å². The van der Waals surface area contributed by atoms with Crippen LogP contribution in [0.5, 0.6) is 0 Å². The van der Waals surface area contributed by atoms with Gasteiger partial charge in [0.15, 0.2) is 5.78 Å². The van der Waals surface area contributed by atoms with Crippen LogP contribution in [0.25, 0.3) is 11.5 Å². The molecule has 0 saturated heterocycles. The maximum Gasteiger partial charge on any atom is 0.277 e. The lowest BCUT2D eigenvalue weighted by Crippen LogP contribution is -2.13. The third kappa shape index (κ3) is 3.65. The van der Waals surface area contributed by atoms with E-state index in [0.717, 1.165) is 5.56 Å². The summed E-state index contributed by atoms with van der Waals surface area (Å²) >= 11 is 1.18. The molecule has 0 aliphatic carbocycles. The fourth-order valence-corrected chi connectivity index (χ4v) is 2.77. The lowest BCUT2D eigenvalue weighted by atomic mass is 10.1. The van der Waals surface area contributed by atoms with Gasteiger partial charge < -0.3 is 4.42 Å². The molecule has 0 aliphatic heterocycles. The van der Waals surface area contributed by atoms with Crippen LogP contribution >= 0.6 is 11.8 Å². The van der Waals surface area contributed by atoms with Crippen molar-refractivity contribution in [3.05, 3.63) is 66.0 Å². The summed E-state index contributed by atoms with van der Waals surface area (Å²) in [4.78, 5) is 12.3. The van der Waals surface area contributed by atoms with Crippen LogP contribution in [0.15, 0.2) is 64.2 Å². The highest BCUT2D eigenvalue weighted by Crippen LogP contribution is 2.27. The van der Waals surface area contributed by atoms with Crippen molar-refractivity contribution < 1.29 is 13.6 Å². The summed E-state index contributed by atoms with van der Waals surface area (Å²) in [6, 6.07) is 14.9. The minimum Gasteiger partial charge on any atom is -0.411 e. The quantitative estimate of drug-likeness (QED) is 0.518. The molecule has 6 heteroatoms. The Morgan fingerprint density at radius 1 is 1.09 bits per heavy atom. The Kier molecular flexibility index (Phi) is 4.52. The molecule has 0 saturated carbocycles. The molecule has 116 valence electrons. The summed E-state index contributed by atoms with van der Waals surface area (Å²) in [5.41, 5.74) is 1.28. The van der Waals surface area contributed by atoms with E-state index in [1.807, 2.05) is 30.3 Å². The molecule has 1 aromatic heterocycles. The van der Waals surface area contributed by atoms with E-state index >= 15 is 0 Å². The Morgan fingerprint density at radius 2 is 1.78 bits per heavy atom. The Bertz CT molecular complexity index is 803. The SMILES string of the molecule is C[C@@H](Sc1nnc(-c2ccccc2)o1)C(=O)c1ccc(F)cc1. The lowest BCUT2D eigenvalue weighted by Gasteiger charge is -2.07. The first kappa shape index (κ1) is 15.4. The number of rotatable bonds is 5. The van der Waals surface area contributed by atoms with E-state index in [1.54, 1.807) is 6.92 Å². The average molecular weight is 328 g/mol. The molecular formula is C17H13FN2O2S. The highest BCUT2D eigenvalue weighted by Gasteiger charge is 2.20. The van der Waals surface area contributed by atoms with Crippen molar-refractivity contribution in [2.45, 2.75) is 17.4 Å². The van der Waals surface area contributed by atoms with Gasteiger partial charge in [-0.25, -0.2) is 4.39 Å². The number of nitrogens with zero attached hydrogens (tertiary/aromatic N) is 2. The van der Waals surface area contributed by atoms with Crippen LogP contribution in [0, 0.1) is 5.82 Å². The number of hydrogen-bond acceptors (Lipinski definition) is 5. The van der Waals surface area contributed by atoms with Gasteiger partial charge in [-0.05, 0) is 43.3 Å². The summed E-state index contributed by atoms with van der Waals surface area (Å²) in [5, 5.41) is 7.85. The third-order valence-corrected chi connectivity index (χ3v) is 4.14. The highest BCUT2D eigenvalue weighted by molar-refractivity contribution is 8.00. The van der Waals surface area contributed by atoms with Gasteiger partial charge in [0.05, 0.1) is 5.25 Å². The maximum atomic E-state index is 12.9. The number of hydrogen-bond donors (Lipinski definition) is 0. The Labute approximate surface area is 136 Å². The fraction of sp³-hybridized carbons (Fsp3) is 0.118. The number of Topliss-reactive ketones (excluding diaryl/α,β-unsaturated/α-hetero) is 1. The van der Waals surface area contributed by atoms with Crippen molar-refractivity contribution >= 4 is 17.5 Å². The standard InChI is InChI=1S/C17H13FN2O2S/c1-11(15(21)12-7-9-14(18)10-8-12)23-17-20-19-16(22-17)13-5-3-2-4-6-13/h2-11H,1H3/t11-/m1/s1. The van der Waals surface area contributed by atoms with Gasteiger partial charge in [-0.15, -0.1) is 10.2 Å². The minimum absolute atomic E-state index is 0.116. The van der Waals surface area contributed by atoms with Crippen molar-refractivity contribution in [2.24, 2.45) is 0 Å². The van der Waals surface area contributed by atoms with Crippen LogP contribution in [0.2, 0.25) is 0 Å². The van der Waals surface area contributed by atoms with Crippen LogP contribution in [-0.4, -0.2) is 21.2 Å². The number of carbonyl (C=O) groups excluding carboxylic acids is 1. The van der Waals surface area contributed by atoms with Crippen LogP contribution in [0.3, 0.4) is 0 Å². The summed E-state index contributed by atoms with van der Waals surface area (Å²) in [6.45, 7) is 1.75. The van der Waals surface area contributed by atoms with Crippen molar-refractivity contribution in [3.8, 4) is 11.5 Å². The van der Waals surface area contributed by atoms with Crippen molar-refractivity contribution in [1.29, 1.82) is 0 Å². The summed E-state index contributed by atoms with van der Waals surface area (Å²) < 4.78 is 18.5. The van der Waals surface area contributed by atoms with Crippen LogP contribution < -0.4 is 0 Å². The number of thioether (sulfide) groups is 1. The molecule has 0 fully saturated rings. The van der Waals surface area contributed by atoms with E-state index in [4.69, 9.17) is 4.42 Å². The monoisotopic (exact) mass is 328 g/mol. The molecule has 23 heavy (non-hydrogen) atoms. The highest BCUT2D eigenvalue weighted by atomic mass is 32.2. The van der Waals surface area contributed by atoms with E-state index in [0.29, 0.717) is 16.7 Å². The van der Waals surface area contributed by atoms with Gasteiger partial charge in [0.1, 0.15) is 5.82 Å². The van der Waals surface area contributed by atoms with Crippen molar-refractivity contribution in [2.75, 3.05) is 0 Å². The second-order valence-electron chi connectivity index (χ2n) is 4.87. The first-order chi connectivity index (χ1) is 11.1. The topological polar surface area (TPSA) is 56.0 Å². The zero-order chi connectivity index (χ0) is 16.2. The molecule has 1 atom stereocenters. The second kappa shape index (κ2) is 6.75. The van der Waals surface area contributed by atoms with Crippen molar-refractivity contribution in [3.63, 3.8) is 0 Å². The maximum absolute atomic E-state index is 12.9. The van der Waals surface area contributed by atoms with Gasteiger partial charge in [-0.3, -0.25) is 4.79 Å². The van der Waals surface area contributed by atoms with Gasteiger partial charge in [-0.2, -0.15) is 0 Å². The Balaban J connectivity index is 1.71. The first-order valence-corrected chi connectivity index (χ1v) is 7.87. The van der Waals surface area contributed by atoms with Crippen LogP contribution in [0.1, 0.15) is 17.3 Å². The summed E-state index contributed by atoms with van der Waals surface area (Å²) in [7, 11) is 0. The molecular weight excluding hydrogens is 315 g/mol. The summed E-state index contributed by atoms with van der Waals surface area (Å²) in [5.74, 6) is -0.0738. The number of carbonyl (C=O) groups is 1. The fourth-order valence-electron chi connectivity index (χ4n) is 2.01. The third-order valence-electron chi connectivity index (χ3n) is 3.20. The zero-order valence-corrected chi connectivity index (χ0v) is 13.1. The molecule has 3 aromatic rings. The van der Waals surface area contributed by atoms with Crippen LogP contribution in [-0.2, 0) is 0 Å². The van der Waals surface area contributed by atoms with E-state index in [-0.39, 0.29) is 11.6 Å². The van der Waals surface area contributed by atoms with Gasteiger partial charge in [0, 0.05) is 11.1 Å². The van der Waals surface area contributed by atoms with Crippen molar-refractivity contribution in [1.82, 2.24) is 10.2 Å². The minimum atomic E-state index is -0.412. The molecule has 0 unspecified atom stereocenters. The number of aromatic nitrogens is 2. The first-order valence-electron chi connectivity index (χ1n) is 6.99. The Hall–Kier alpha value is -2.47. The number of ketones is 1. The van der Waals surface area contributed by atoms with Gasteiger partial charge in [-0.1, -0.05) is 30.0 Å². The Morgan fingerprint density at radius 3 is 2.48 bits per heavy atom. The molecule has 0 N–H and O–H groups in total. The largest absolute Gasteiger partial charge is 0.411 e. The normalized spacial score (nSPS) is 12.1. The predicted molar refractivity (Wildman–Crippen MR) is 85.8 cm³/mol. The molecule has 2 aromatic carbocycles. The van der Waals surface area contributed by atoms with Gasteiger partial charge >= 0.3 is 0 Å². The van der Waals surface area contributed by atoms with E-state index < -0.39 is 5.25 Å². The number of benzene rings is 2. The molecule has 1 heterocycles. The molecule has 0 aliphatic rings. The van der Waals surface area contributed by atoms with Crippen LogP contribution in [0.4, 0.5) is 4.39 Å². The molecule has 4 nitrogen and oxygen atoms in total. The zero-order valence-electron chi connectivity index (χ0n) is 12.3. The van der Waals surface area contributed by atoms with E-state index in [1.165, 1.54) is 36.0 Å². The lowest BCUT2D eigenvalue weighted by molar-refractivity contribution is 0.0993. The van der Waals surface area contributed by atoms with Gasteiger partial charge in [0.2, 0.25) is 5.89 Å². The number of halogens is 1. The second-order valence-corrected chi connectivity index (χ2v) is 6.16.